The zero-order valence-electron chi connectivity index (χ0n) is 13.9. The normalized spacial score (nSPS) is 10.7. The summed E-state index contributed by atoms with van der Waals surface area (Å²) in [6.07, 6.45) is 1.55. The molecule has 0 aliphatic carbocycles. The zero-order valence-corrected chi connectivity index (χ0v) is 13.9. The highest BCUT2D eigenvalue weighted by Gasteiger charge is 2.15. The fourth-order valence-corrected chi connectivity index (χ4v) is 2.41. The van der Waals surface area contributed by atoms with Gasteiger partial charge >= 0.3 is 5.97 Å². The summed E-state index contributed by atoms with van der Waals surface area (Å²) in [6.45, 7) is -0.175. The standard InChI is InChI=1S/C19H13FN4O3/c20-14-7-4-8-15(11-14)24-10-9-16(23-24)19(25)26-12-17-21-22-18(27-17)13-5-2-1-3-6-13/h1-11H,12H2. The third-order valence-corrected chi connectivity index (χ3v) is 3.69. The first-order valence-electron chi connectivity index (χ1n) is 8.05. The molecule has 2 aromatic carbocycles. The maximum absolute atomic E-state index is 13.3. The van der Waals surface area contributed by atoms with E-state index in [1.807, 2.05) is 30.3 Å². The highest BCUT2D eigenvalue weighted by Crippen LogP contribution is 2.17. The van der Waals surface area contributed by atoms with Crippen LogP contribution in [0.15, 0.2) is 71.3 Å². The molecule has 2 aromatic heterocycles. The molecule has 0 atom stereocenters. The van der Waals surface area contributed by atoms with E-state index in [9.17, 15) is 9.18 Å². The maximum atomic E-state index is 13.3. The van der Waals surface area contributed by atoms with Crippen LogP contribution in [0.1, 0.15) is 16.4 Å². The molecule has 4 rings (SSSR count). The van der Waals surface area contributed by atoms with Gasteiger partial charge in [-0.25, -0.2) is 13.9 Å². The smallest absolute Gasteiger partial charge is 0.359 e. The maximum Gasteiger partial charge on any atom is 0.359 e. The molecule has 4 aromatic rings. The summed E-state index contributed by atoms with van der Waals surface area (Å²) in [5.41, 5.74) is 1.36. The van der Waals surface area contributed by atoms with Crippen molar-refractivity contribution in [3.63, 3.8) is 0 Å². The van der Waals surface area contributed by atoms with Crippen molar-refractivity contribution in [1.29, 1.82) is 0 Å². The summed E-state index contributed by atoms with van der Waals surface area (Å²) in [6, 6.07) is 16.6. The summed E-state index contributed by atoms with van der Waals surface area (Å²) < 4.78 is 25.3. The third-order valence-electron chi connectivity index (χ3n) is 3.69. The molecule has 2 heterocycles. The Morgan fingerprint density at radius 3 is 2.74 bits per heavy atom. The zero-order chi connectivity index (χ0) is 18.6. The molecule has 0 radical (unpaired) electrons. The van der Waals surface area contributed by atoms with Gasteiger partial charge in [-0.15, -0.1) is 10.2 Å². The second-order valence-electron chi connectivity index (χ2n) is 5.57. The van der Waals surface area contributed by atoms with Gasteiger partial charge in [0.05, 0.1) is 5.69 Å². The van der Waals surface area contributed by atoms with Gasteiger partial charge in [-0.05, 0) is 36.4 Å². The lowest BCUT2D eigenvalue weighted by Gasteiger charge is -2.01. The fourth-order valence-electron chi connectivity index (χ4n) is 2.41. The summed E-state index contributed by atoms with van der Waals surface area (Å²) in [4.78, 5) is 12.1. The highest BCUT2D eigenvalue weighted by atomic mass is 19.1. The second kappa shape index (κ2) is 7.20. The number of halogens is 1. The molecule has 0 bridgehead atoms. The van der Waals surface area contributed by atoms with Crippen LogP contribution in [0.5, 0.6) is 0 Å². The van der Waals surface area contributed by atoms with E-state index in [-0.39, 0.29) is 18.2 Å². The Labute approximate surface area is 153 Å². The minimum atomic E-state index is -0.649. The molecule has 0 fully saturated rings. The van der Waals surface area contributed by atoms with Crippen molar-refractivity contribution < 1.29 is 18.3 Å². The number of hydrogen-bond acceptors (Lipinski definition) is 6. The Bertz CT molecular complexity index is 1080. The van der Waals surface area contributed by atoms with E-state index in [0.29, 0.717) is 11.6 Å². The molecule has 8 heteroatoms. The van der Waals surface area contributed by atoms with Gasteiger partial charge < -0.3 is 9.15 Å². The van der Waals surface area contributed by atoms with Gasteiger partial charge in [0.2, 0.25) is 5.89 Å². The van der Waals surface area contributed by atoms with Crippen molar-refractivity contribution in [2.75, 3.05) is 0 Å². The number of aromatic nitrogens is 4. The van der Waals surface area contributed by atoms with E-state index in [0.717, 1.165) is 5.56 Å². The van der Waals surface area contributed by atoms with Crippen LogP contribution in [0.3, 0.4) is 0 Å². The predicted molar refractivity (Wildman–Crippen MR) is 92.4 cm³/mol. The molecule has 27 heavy (non-hydrogen) atoms. The second-order valence-corrected chi connectivity index (χ2v) is 5.57. The lowest BCUT2D eigenvalue weighted by molar-refractivity contribution is 0.0431. The highest BCUT2D eigenvalue weighted by molar-refractivity contribution is 5.87. The number of hydrogen-bond donors (Lipinski definition) is 0. The van der Waals surface area contributed by atoms with Crippen LogP contribution >= 0.6 is 0 Å². The van der Waals surface area contributed by atoms with Gasteiger partial charge in [-0.2, -0.15) is 5.10 Å². The predicted octanol–water partition coefficient (Wildman–Crippen LogP) is 3.42. The van der Waals surface area contributed by atoms with E-state index in [1.165, 1.54) is 22.9 Å². The number of ether oxygens (including phenoxy) is 1. The molecular weight excluding hydrogens is 351 g/mol. The Morgan fingerprint density at radius 1 is 1.07 bits per heavy atom. The lowest BCUT2D eigenvalue weighted by atomic mass is 10.2. The van der Waals surface area contributed by atoms with Crippen molar-refractivity contribution in [2.24, 2.45) is 0 Å². The molecule has 0 saturated heterocycles. The summed E-state index contributed by atoms with van der Waals surface area (Å²) in [5.74, 6) is -0.522. The Morgan fingerprint density at radius 2 is 1.93 bits per heavy atom. The molecular formula is C19H13FN4O3. The largest absolute Gasteiger partial charge is 0.451 e. The fraction of sp³-hybridized carbons (Fsp3) is 0.0526. The summed E-state index contributed by atoms with van der Waals surface area (Å²) in [5, 5.41) is 11.9. The van der Waals surface area contributed by atoms with Crippen LogP contribution in [0.25, 0.3) is 17.1 Å². The Kier molecular flexibility index (Phi) is 4.44. The monoisotopic (exact) mass is 364 g/mol. The number of esters is 1. The van der Waals surface area contributed by atoms with Crippen molar-refractivity contribution in [3.05, 3.63) is 84.3 Å². The minimum absolute atomic E-state index is 0.0852. The van der Waals surface area contributed by atoms with Gasteiger partial charge in [0, 0.05) is 11.8 Å². The van der Waals surface area contributed by atoms with Gasteiger partial charge in [-0.1, -0.05) is 24.3 Å². The molecule has 7 nitrogen and oxygen atoms in total. The lowest BCUT2D eigenvalue weighted by Crippen LogP contribution is -2.07. The number of carbonyl (C=O) groups excluding carboxylic acids is 1. The van der Waals surface area contributed by atoms with E-state index < -0.39 is 11.8 Å². The van der Waals surface area contributed by atoms with Crippen LogP contribution in [0.2, 0.25) is 0 Å². The summed E-state index contributed by atoms with van der Waals surface area (Å²) >= 11 is 0. The molecule has 0 aliphatic rings. The Hall–Kier alpha value is -3.81. The van der Waals surface area contributed by atoms with Crippen LogP contribution in [-0.2, 0) is 11.3 Å². The summed E-state index contributed by atoms with van der Waals surface area (Å²) in [7, 11) is 0. The van der Waals surface area contributed by atoms with Crippen LogP contribution in [-0.4, -0.2) is 25.9 Å². The van der Waals surface area contributed by atoms with Gasteiger partial charge in [-0.3, -0.25) is 0 Å². The van der Waals surface area contributed by atoms with Crippen molar-refractivity contribution in [2.45, 2.75) is 6.61 Å². The molecule has 0 N–H and O–H groups in total. The number of benzene rings is 2. The average Bonchev–Trinajstić information content (AvgIpc) is 3.37. The average molecular weight is 364 g/mol. The molecule has 0 unspecified atom stereocenters. The van der Waals surface area contributed by atoms with Crippen molar-refractivity contribution in [3.8, 4) is 17.1 Å². The molecule has 134 valence electrons. The Balaban J connectivity index is 1.41. The van der Waals surface area contributed by atoms with Crippen LogP contribution < -0.4 is 0 Å². The first-order chi connectivity index (χ1) is 13.2. The van der Waals surface area contributed by atoms with Crippen molar-refractivity contribution >= 4 is 5.97 Å². The van der Waals surface area contributed by atoms with E-state index >= 15 is 0 Å². The number of rotatable bonds is 5. The molecule has 0 amide bonds. The van der Waals surface area contributed by atoms with E-state index in [4.69, 9.17) is 9.15 Å². The van der Waals surface area contributed by atoms with Gasteiger partial charge in [0.25, 0.3) is 5.89 Å². The molecule has 0 saturated carbocycles. The number of nitrogens with zero attached hydrogens (tertiary/aromatic N) is 4. The molecule has 0 spiro atoms. The quantitative estimate of drug-likeness (QED) is 0.505. The van der Waals surface area contributed by atoms with Crippen LogP contribution in [0, 0.1) is 5.82 Å². The topological polar surface area (TPSA) is 83.0 Å². The third kappa shape index (κ3) is 3.74. The molecule has 0 aliphatic heterocycles. The number of carbonyl (C=O) groups is 1. The first-order valence-corrected chi connectivity index (χ1v) is 8.05. The van der Waals surface area contributed by atoms with Gasteiger partial charge in [0.15, 0.2) is 12.3 Å². The van der Waals surface area contributed by atoms with E-state index in [2.05, 4.69) is 15.3 Å². The van der Waals surface area contributed by atoms with Gasteiger partial charge in [0.1, 0.15) is 5.82 Å². The van der Waals surface area contributed by atoms with E-state index in [1.54, 1.807) is 18.3 Å². The van der Waals surface area contributed by atoms with Crippen molar-refractivity contribution in [1.82, 2.24) is 20.0 Å². The first kappa shape index (κ1) is 16.6. The minimum Gasteiger partial charge on any atom is -0.451 e. The van der Waals surface area contributed by atoms with Crippen LogP contribution in [0.4, 0.5) is 4.39 Å². The SMILES string of the molecule is O=C(OCc1nnc(-c2ccccc2)o1)c1ccn(-c2cccc(F)c2)n1.